The molecule has 3 aliphatic carbocycles. The lowest BCUT2D eigenvalue weighted by molar-refractivity contribution is -0.207. The lowest BCUT2D eigenvalue weighted by atomic mass is 9.54. The Balaban J connectivity index is 2.56. The van der Waals surface area contributed by atoms with Crippen molar-refractivity contribution in [1.82, 2.24) is 0 Å². The summed E-state index contributed by atoms with van der Waals surface area (Å²) in [6.07, 6.45) is -7.16. The number of Topliss-reactive ketones (excluding diaryl/α,β-unsaturated/α-hetero) is 1. The van der Waals surface area contributed by atoms with Crippen LogP contribution in [0.5, 0.6) is 0 Å². The van der Waals surface area contributed by atoms with Crippen LogP contribution in [0.1, 0.15) is 61.3 Å². The molecule has 2 saturated carbocycles. The van der Waals surface area contributed by atoms with Gasteiger partial charge in [-0.15, -0.1) is 0 Å². The number of aliphatic hydroxyl groups excluding tert-OH is 2. The van der Waals surface area contributed by atoms with Gasteiger partial charge in [-0.05, 0) is 37.5 Å². The van der Waals surface area contributed by atoms with Gasteiger partial charge < -0.3 is 29.5 Å². The SMILES string of the molecule is C=C1[C@@H](O)C[C@H](O)[C@@]2(C)[C@@H](OC(C)=O)[C@H](OC(C)=O)C3=C(C)C(=O)C[C@@]3(C(C)(C)O)[C@@H](OC(C)=O)[C@H]12. The molecule has 0 saturated heterocycles. The number of ketones is 1. The van der Waals surface area contributed by atoms with Crippen LogP contribution in [-0.4, -0.2) is 75.1 Å². The number of carbonyl (C=O) groups excluding carboxylic acids is 4. The highest BCUT2D eigenvalue weighted by molar-refractivity contribution is 6.00. The normalized spacial score (nSPS) is 38.6. The number of fused-ring (bicyclic) bond motifs is 2. The molecule has 0 aromatic rings. The van der Waals surface area contributed by atoms with Gasteiger partial charge in [-0.1, -0.05) is 13.5 Å². The second kappa shape index (κ2) is 9.08. The molecule has 10 nitrogen and oxygen atoms in total. The molecule has 0 amide bonds. The average Bonchev–Trinajstić information content (AvgIpc) is 2.95. The van der Waals surface area contributed by atoms with Crippen LogP contribution in [0.15, 0.2) is 23.3 Å². The fraction of sp³-hybridized carbons (Fsp3) is 0.692. The van der Waals surface area contributed by atoms with E-state index in [0.29, 0.717) is 0 Å². The average molecular weight is 509 g/mol. The number of rotatable bonds is 4. The van der Waals surface area contributed by atoms with Crippen molar-refractivity contribution >= 4 is 23.7 Å². The van der Waals surface area contributed by atoms with Crippen LogP contribution in [-0.2, 0) is 33.4 Å². The Morgan fingerprint density at radius 1 is 1.00 bits per heavy atom. The first-order chi connectivity index (χ1) is 16.4. The van der Waals surface area contributed by atoms with Gasteiger partial charge in [0.2, 0.25) is 0 Å². The van der Waals surface area contributed by atoms with E-state index in [9.17, 15) is 34.5 Å². The van der Waals surface area contributed by atoms with Crippen LogP contribution in [0.4, 0.5) is 0 Å². The third-order valence-electron chi connectivity index (χ3n) is 8.34. The van der Waals surface area contributed by atoms with E-state index in [4.69, 9.17) is 14.2 Å². The van der Waals surface area contributed by atoms with Crippen molar-refractivity contribution in [2.24, 2.45) is 16.7 Å². The zero-order valence-corrected chi connectivity index (χ0v) is 21.8. The topological polar surface area (TPSA) is 157 Å². The van der Waals surface area contributed by atoms with Gasteiger partial charge in [-0.3, -0.25) is 19.2 Å². The molecule has 10 heteroatoms. The van der Waals surface area contributed by atoms with E-state index in [2.05, 4.69) is 6.58 Å². The number of carbonyl (C=O) groups is 4. The third-order valence-corrected chi connectivity index (χ3v) is 8.34. The van der Waals surface area contributed by atoms with Crippen molar-refractivity contribution in [3.8, 4) is 0 Å². The molecule has 2 fully saturated rings. The van der Waals surface area contributed by atoms with E-state index < -0.39 is 70.8 Å². The minimum Gasteiger partial charge on any atom is -0.461 e. The quantitative estimate of drug-likeness (QED) is 0.286. The van der Waals surface area contributed by atoms with Gasteiger partial charge in [-0.25, -0.2) is 0 Å². The molecule has 0 aromatic heterocycles. The van der Waals surface area contributed by atoms with Crippen molar-refractivity contribution in [3.05, 3.63) is 23.3 Å². The van der Waals surface area contributed by atoms with Crippen molar-refractivity contribution < 1.29 is 48.7 Å². The molecule has 3 aliphatic rings. The highest BCUT2D eigenvalue weighted by Gasteiger charge is 2.73. The Kier molecular flexibility index (Phi) is 7.06. The highest BCUT2D eigenvalue weighted by atomic mass is 16.6. The summed E-state index contributed by atoms with van der Waals surface area (Å²) < 4.78 is 17.4. The summed E-state index contributed by atoms with van der Waals surface area (Å²) in [6.45, 7) is 13.5. The molecule has 3 N–H and O–H groups in total. The molecule has 8 atom stereocenters. The monoisotopic (exact) mass is 508 g/mol. The van der Waals surface area contributed by atoms with Crippen LogP contribution < -0.4 is 0 Å². The summed E-state index contributed by atoms with van der Waals surface area (Å²) in [6, 6.07) is 0. The van der Waals surface area contributed by atoms with Crippen molar-refractivity contribution in [2.45, 2.75) is 97.4 Å². The number of allylic oxidation sites excluding steroid dienone is 1. The Bertz CT molecular complexity index is 1040. The second-order valence-electron chi connectivity index (χ2n) is 10.9. The lowest BCUT2D eigenvalue weighted by Crippen LogP contribution is -2.63. The summed E-state index contributed by atoms with van der Waals surface area (Å²) in [5.74, 6) is -3.72. The van der Waals surface area contributed by atoms with E-state index >= 15 is 0 Å². The van der Waals surface area contributed by atoms with Gasteiger partial charge in [0.15, 0.2) is 18.0 Å². The predicted octanol–water partition coefficient (Wildman–Crippen LogP) is 1.15. The zero-order chi connectivity index (χ0) is 27.5. The minimum atomic E-state index is -1.76. The summed E-state index contributed by atoms with van der Waals surface area (Å²) in [5.41, 5.74) is -4.44. The first kappa shape index (κ1) is 28.0. The zero-order valence-electron chi connectivity index (χ0n) is 21.8. The molecule has 200 valence electrons. The Morgan fingerprint density at radius 2 is 1.50 bits per heavy atom. The van der Waals surface area contributed by atoms with E-state index in [1.807, 2.05) is 0 Å². The molecule has 0 unspecified atom stereocenters. The van der Waals surface area contributed by atoms with Crippen LogP contribution in [0.3, 0.4) is 0 Å². The predicted molar refractivity (Wildman–Crippen MR) is 125 cm³/mol. The Hall–Kier alpha value is -2.56. The maximum atomic E-state index is 13.3. The number of hydrogen-bond acceptors (Lipinski definition) is 10. The van der Waals surface area contributed by atoms with Crippen LogP contribution >= 0.6 is 0 Å². The molecule has 0 heterocycles. The second-order valence-corrected chi connectivity index (χ2v) is 10.9. The molecule has 0 aromatic carbocycles. The van der Waals surface area contributed by atoms with Crippen LogP contribution in [0, 0.1) is 16.7 Å². The van der Waals surface area contributed by atoms with Gasteiger partial charge in [-0.2, -0.15) is 0 Å². The third kappa shape index (κ3) is 3.99. The van der Waals surface area contributed by atoms with Crippen molar-refractivity contribution in [2.75, 3.05) is 0 Å². The van der Waals surface area contributed by atoms with Crippen LogP contribution in [0.2, 0.25) is 0 Å². The smallest absolute Gasteiger partial charge is 0.303 e. The van der Waals surface area contributed by atoms with Gasteiger partial charge >= 0.3 is 17.9 Å². The van der Waals surface area contributed by atoms with Gasteiger partial charge in [0.1, 0.15) is 6.10 Å². The number of esters is 3. The van der Waals surface area contributed by atoms with Crippen molar-refractivity contribution in [3.63, 3.8) is 0 Å². The van der Waals surface area contributed by atoms with Gasteiger partial charge in [0, 0.05) is 44.9 Å². The minimum absolute atomic E-state index is 0.151. The maximum Gasteiger partial charge on any atom is 0.303 e. The fourth-order valence-corrected chi connectivity index (χ4v) is 6.68. The largest absolute Gasteiger partial charge is 0.461 e. The molecular formula is C26H36O10. The molecule has 0 bridgehead atoms. The Morgan fingerprint density at radius 3 is 1.97 bits per heavy atom. The fourth-order valence-electron chi connectivity index (χ4n) is 6.68. The number of hydrogen-bond donors (Lipinski definition) is 3. The molecule has 0 aliphatic heterocycles. The van der Waals surface area contributed by atoms with E-state index in [1.165, 1.54) is 27.7 Å². The summed E-state index contributed by atoms with van der Waals surface area (Å²) >= 11 is 0. The molecule has 0 radical (unpaired) electrons. The molecule has 36 heavy (non-hydrogen) atoms. The first-order valence-corrected chi connectivity index (χ1v) is 11.9. The molecular weight excluding hydrogens is 472 g/mol. The van der Waals surface area contributed by atoms with Crippen LogP contribution in [0.25, 0.3) is 0 Å². The van der Waals surface area contributed by atoms with E-state index in [-0.39, 0.29) is 35.3 Å². The summed E-state index contributed by atoms with van der Waals surface area (Å²) in [7, 11) is 0. The van der Waals surface area contributed by atoms with Crippen molar-refractivity contribution in [1.29, 1.82) is 0 Å². The van der Waals surface area contributed by atoms with E-state index in [1.54, 1.807) is 6.92 Å². The highest BCUT2D eigenvalue weighted by Crippen LogP contribution is 2.65. The van der Waals surface area contributed by atoms with Gasteiger partial charge in [0.05, 0.1) is 23.2 Å². The van der Waals surface area contributed by atoms with Gasteiger partial charge in [0.25, 0.3) is 0 Å². The summed E-state index contributed by atoms with van der Waals surface area (Å²) in [4.78, 5) is 50.5. The van der Waals surface area contributed by atoms with E-state index in [0.717, 1.165) is 13.8 Å². The standard InChI is InChI=1S/C26H36O10/c1-11-16(30)9-18(32)25(8)20(11)22(35-14(4)28)26(24(6,7)33)10-17(31)12(2)19(26)21(34-13(3)27)23(25)36-15(5)29/h16,18,20-23,30,32-33H,1,9-10H2,2-8H3/t16-,18-,20-,21+,22-,23-,25+,26-/m0/s1. The summed E-state index contributed by atoms with van der Waals surface area (Å²) in [5, 5.41) is 33.9. The molecule has 3 rings (SSSR count). The number of aliphatic hydroxyl groups is 3. The lowest BCUT2D eigenvalue weighted by Gasteiger charge is -2.55. The first-order valence-electron chi connectivity index (χ1n) is 11.9. The maximum absolute atomic E-state index is 13.3. The molecule has 0 spiro atoms. The number of ether oxygens (including phenoxy) is 3. The Labute approximate surface area is 210 Å².